The first-order chi connectivity index (χ1) is 10.0. The number of hydrogen-bond donors (Lipinski definition) is 1. The van der Waals surface area contributed by atoms with Crippen LogP contribution in [0.1, 0.15) is 21.7 Å². The highest BCUT2D eigenvalue weighted by atomic mass is 35.5. The molecule has 2 rings (SSSR count). The maximum Gasteiger partial charge on any atom is 0.278 e. The molecule has 0 aliphatic carbocycles. The fraction of sp³-hybridized carbons (Fsp3) is 0.308. The fourth-order valence-corrected chi connectivity index (χ4v) is 2.13. The summed E-state index contributed by atoms with van der Waals surface area (Å²) in [6, 6.07) is 5.10. The number of aromatic nitrogens is 2. The summed E-state index contributed by atoms with van der Waals surface area (Å²) in [6.45, 7) is 1.88. The Balaban J connectivity index is 2.21. The van der Waals surface area contributed by atoms with Crippen LogP contribution in [0.4, 0.5) is 0 Å². The van der Waals surface area contributed by atoms with Gasteiger partial charge in [0.05, 0.1) is 16.7 Å². The molecular formula is C13H13Cl2N3O3. The van der Waals surface area contributed by atoms with E-state index in [-0.39, 0.29) is 31.3 Å². The molecule has 1 heterocycles. The van der Waals surface area contributed by atoms with E-state index in [9.17, 15) is 4.79 Å². The quantitative estimate of drug-likeness (QED) is 0.910. The van der Waals surface area contributed by atoms with Crippen LogP contribution in [0.15, 0.2) is 22.8 Å². The molecule has 0 fully saturated rings. The van der Waals surface area contributed by atoms with E-state index in [0.717, 1.165) is 5.56 Å². The number of aliphatic hydroxyl groups is 1. The molecule has 0 radical (unpaired) electrons. The largest absolute Gasteiger partial charge is 0.395 e. The second-order valence-electron chi connectivity index (χ2n) is 4.40. The molecule has 1 aromatic heterocycles. The van der Waals surface area contributed by atoms with Gasteiger partial charge < -0.3 is 10.0 Å². The molecule has 0 unspecified atom stereocenters. The van der Waals surface area contributed by atoms with Gasteiger partial charge in [0.15, 0.2) is 5.69 Å². The Morgan fingerprint density at radius 3 is 2.67 bits per heavy atom. The topological polar surface area (TPSA) is 79.5 Å². The first-order valence-electron chi connectivity index (χ1n) is 6.16. The van der Waals surface area contributed by atoms with E-state index in [1.54, 1.807) is 25.1 Å². The van der Waals surface area contributed by atoms with E-state index >= 15 is 0 Å². The average Bonchev–Trinajstić information content (AvgIpc) is 2.88. The van der Waals surface area contributed by atoms with Crippen LogP contribution < -0.4 is 0 Å². The lowest BCUT2D eigenvalue weighted by Gasteiger charge is -2.21. The summed E-state index contributed by atoms with van der Waals surface area (Å²) in [4.78, 5) is 13.8. The molecule has 0 bridgehead atoms. The molecule has 0 spiro atoms. The Kier molecular flexibility index (Phi) is 5.17. The zero-order chi connectivity index (χ0) is 15.4. The molecule has 8 heteroatoms. The number of hydrogen-bond acceptors (Lipinski definition) is 5. The van der Waals surface area contributed by atoms with E-state index in [4.69, 9.17) is 28.3 Å². The molecule has 21 heavy (non-hydrogen) atoms. The predicted molar refractivity (Wildman–Crippen MR) is 77.3 cm³/mol. The number of benzene rings is 1. The predicted octanol–water partition coefficient (Wildman–Crippen LogP) is 2.32. The molecular weight excluding hydrogens is 317 g/mol. The SMILES string of the molecule is Cc1nonc1C(=O)N(CCO)Cc1ccc(Cl)c(Cl)c1. The minimum atomic E-state index is -0.367. The van der Waals surface area contributed by atoms with Crippen molar-refractivity contribution in [3.63, 3.8) is 0 Å². The van der Waals surface area contributed by atoms with Gasteiger partial charge in [0.1, 0.15) is 5.69 Å². The highest BCUT2D eigenvalue weighted by molar-refractivity contribution is 6.42. The molecule has 0 saturated carbocycles. The van der Waals surface area contributed by atoms with Crippen LogP contribution >= 0.6 is 23.2 Å². The molecule has 1 aromatic carbocycles. The molecule has 0 atom stereocenters. The van der Waals surface area contributed by atoms with Crippen LogP contribution in [-0.4, -0.2) is 39.4 Å². The van der Waals surface area contributed by atoms with Crippen LogP contribution in [0.2, 0.25) is 10.0 Å². The maximum absolute atomic E-state index is 12.4. The third-order valence-corrected chi connectivity index (χ3v) is 3.61. The molecule has 0 aliphatic rings. The van der Waals surface area contributed by atoms with Crippen molar-refractivity contribution in [3.05, 3.63) is 45.2 Å². The summed E-state index contributed by atoms with van der Waals surface area (Å²) >= 11 is 11.8. The van der Waals surface area contributed by atoms with Gasteiger partial charge >= 0.3 is 0 Å². The van der Waals surface area contributed by atoms with Gasteiger partial charge in [-0.3, -0.25) is 4.79 Å². The minimum Gasteiger partial charge on any atom is -0.395 e. The van der Waals surface area contributed by atoms with Crippen molar-refractivity contribution >= 4 is 29.1 Å². The van der Waals surface area contributed by atoms with Gasteiger partial charge in [0.25, 0.3) is 5.91 Å². The van der Waals surface area contributed by atoms with Crippen molar-refractivity contribution in [3.8, 4) is 0 Å². The van der Waals surface area contributed by atoms with Crippen molar-refractivity contribution < 1.29 is 14.5 Å². The highest BCUT2D eigenvalue weighted by Gasteiger charge is 2.22. The van der Waals surface area contributed by atoms with E-state index in [1.807, 2.05) is 0 Å². The van der Waals surface area contributed by atoms with Crippen molar-refractivity contribution in [2.24, 2.45) is 0 Å². The monoisotopic (exact) mass is 329 g/mol. The van der Waals surface area contributed by atoms with Crippen molar-refractivity contribution in [2.75, 3.05) is 13.2 Å². The molecule has 2 aromatic rings. The van der Waals surface area contributed by atoms with Crippen molar-refractivity contribution in [1.29, 1.82) is 0 Å². The Morgan fingerprint density at radius 2 is 2.10 bits per heavy atom. The van der Waals surface area contributed by atoms with Crippen molar-refractivity contribution in [1.82, 2.24) is 15.2 Å². The van der Waals surface area contributed by atoms with Gasteiger partial charge in [-0.1, -0.05) is 34.4 Å². The van der Waals surface area contributed by atoms with Gasteiger partial charge in [-0.25, -0.2) is 4.63 Å². The summed E-state index contributed by atoms with van der Waals surface area (Å²) < 4.78 is 4.53. The molecule has 112 valence electrons. The van der Waals surface area contributed by atoms with Gasteiger partial charge in [-0.05, 0) is 29.8 Å². The summed E-state index contributed by atoms with van der Waals surface area (Å²) in [5.41, 5.74) is 1.32. The minimum absolute atomic E-state index is 0.128. The second kappa shape index (κ2) is 6.89. The maximum atomic E-state index is 12.4. The smallest absolute Gasteiger partial charge is 0.278 e. The van der Waals surface area contributed by atoms with E-state index < -0.39 is 0 Å². The molecule has 6 nitrogen and oxygen atoms in total. The number of rotatable bonds is 5. The molecule has 0 saturated heterocycles. The lowest BCUT2D eigenvalue weighted by Crippen LogP contribution is -2.33. The van der Waals surface area contributed by atoms with Crippen LogP contribution in [0, 0.1) is 6.92 Å². The molecule has 1 amide bonds. The zero-order valence-electron chi connectivity index (χ0n) is 11.2. The average molecular weight is 330 g/mol. The number of aliphatic hydroxyl groups excluding tert-OH is 1. The number of amides is 1. The summed E-state index contributed by atoms with van der Waals surface area (Å²) in [5, 5.41) is 17.1. The second-order valence-corrected chi connectivity index (χ2v) is 5.21. The highest BCUT2D eigenvalue weighted by Crippen LogP contribution is 2.23. The molecule has 1 N–H and O–H groups in total. The normalized spacial score (nSPS) is 10.7. The van der Waals surface area contributed by atoms with Crippen LogP contribution in [0.25, 0.3) is 0 Å². The Labute approximate surface area is 131 Å². The van der Waals surface area contributed by atoms with Crippen LogP contribution in [0.3, 0.4) is 0 Å². The van der Waals surface area contributed by atoms with Gasteiger partial charge in [-0.2, -0.15) is 0 Å². The fourth-order valence-electron chi connectivity index (χ4n) is 1.81. The Hall–Kier alpha value is -1.63. The van der Waals surface area contributed by atoms with E-state index in [2.05, 4.69) is 14.9 Å². The Morgan fingerprint density at radius 1 is 1.33 bits per heavy atom. The lowest BCUT2D eigenvalue weighted by atomic mass is 10.2. The summed E-state index contributed by atoms with van der Waals surface area (Å²) in [7, 11) is 0. The first-order valence-corrected chi connectivity index (χ1v) is 6.91. The number of nitrogens with zero attached hydrogens (tertiary/aromatic N) is 3. The number of carbonyl (C=O) groups is 1. The molecule has 0 aliphatic heterocycles. The lowest BCUT2D eigenvalue weighted by molar-refractivity contribution is 0.0696. The zero-order valence-corrected chi connectivity index (χ0v) is 12.7. The third kappa shape index (κ3) is 3.72. The van der Waals surface area contributed by atoms with Gasteiger partial charge in [-0.15, -0.1) is 0 Å². The van der Waals surface area contributed by atoms with Crippen LogP contribution in [0.5, 0.6) is 0 Å². The Bertz CT molecular complexity index is 645. The van der Waals surface area contributed by atoms with Crippen molar-refractivity contribution in [2.45, 2.75) is 13.5 Å². The van der Waals surface area contributed by atoms with E-state index in [0.29, 0.717) is 15.7 Å². The summed E-state index contributed by atoms with van der Waals surface area (Å²) in [5.74, 6) is -0.367. The summed E-state index contributed by atoms with van der Waals surface area (Å²) in [6.07, 6.45) is 0. The standard InChI is InChI=1S/C13H13Cl2N3O3/c1-8-12(17-21-16-8)13(20)18(4-5-19)7-9-2-3-10(14)11(15)6-9/h2-3,6,19H,4-5,7H2,1H3. The number of aryl methyl sites for hydroxylation is 1. The van der Waals surface area contributed by atoms with Gasteiger partial charge in [0.2, 0.25) is 0 Å². The van der Waals surface area contributed by atoms with E-state index in [1.165, 1.54) is 4.90 Å². The third-order valence-electron chi connectivity index (χ3n) is 2.87. The number of carbonyl (C=O) groups excluding carboxylic acids is 1. The van der Waals surface area contributed by atoms with Gasteiger partial charge in [0, 0.05) is 13.1 Å². The van der Waals surface area contributed by atoms with Crippen LogP contribution in [-0.2, 0) is 6.54 Å². The number of halogens is 2. The first kappa shape index (κ1) is 15.8.